The molecular weight excluding hydrogens is 279 g/mol. The minimum absolute atomic E-state index is 0.108. The minimum Gasteiger partial charge on any atom is -0.395 e. The van der Waals surface area contributed by atoms with Crippen molar-refractivity contribution in [1.82, 2.24) is 0 Å². The lowest BCUT2D eigenvalue weighted by Crippen LogP contribution is -2.05. The highest BCUT2D eigenvalue weighted by molar-refractivity contribution is 7.48. The van der Waals surface area contributed by atoms with Crippen LogP contribution in [0.2, 0.25) is 0 Å². The predicted octanol–water partition coefficient (Wildman–Crippen LogP) is 4.02. The Kier molecular flexibility index (Phi) is 6.24. The number of carbonyl (C=O) groups excluding carboxylic acids is 1. The van der Waals surface area contributed by atoms with Gasteiger partial charge in [-0.25, -0.2) is 4.57 Å². The van der Waals surface area contributed by atoms with Crippen LogP contribution in [0.25, 0.3) is 0 Å². The summed E-state index contributed by atoms with van der Waals surface area (Å²) in [5.41, 5.74) is 1.09. The molecule has 5 nitrogen and oxygen atoms in total. The second kappa shape index (κ2) is 7.46. The third-order valence-corrected chi connectivity index (χ3v) is 3.60. The number of phosphoric acid groups is 1. The zero-order chi connectivity index (χ0) is 15.2. The third kappa shape index (κ3) is 5.76. The molecule has 1 unspecified atom stereocenters. The molecule has 0 aliphatic heterocycles. The highest BCUT2D eigenvalue weighted by Gasteiger charge is 2.27. The van der Waals surface area contributed by atoms with Crippen molar-refractivity contribution in [3.63, 3.8) is 0 Å². The highest BCUT2D eigenvalue weighted by atomic mass is 31.2. The van der Waals surface area contributed by atoms with Crippen LogP contribution in [-0.4, -0.2) is 10.9 Å². The lowest BCUT2D eigenvalue weighted by atomic mass is 10.0. The summed E-state index contributed by atoms with van der Waals surface area (Å²) < 4.78 is 21.0. The Hall–Kier alpha value is -1.32. The zero-order valence-corrected chi connectivity index (χ0v) is 12.9. The molecule has 1 aromatic carbocycles. The lowest BCUT2D eigenvalue weighted by molar-refractivity contribution is -0.135. The van der Waals surface area contributed by atoms with E-state index in [0.717, 1.165) is 12.0 Å². The number of hydrogen-bond donors (Lipinski definition) is 1. The second-order valence-corrected chi connectivity index (χ2v) is 6.15. The molecule has 0 aliphatic rings. The fourth-order valence-corrected chi connectivity index (χ4v) is 2.33. The first-order chi connectivity index (χ1) is 9.34. The largest absolute Gasteiger partial charge is 0.587 e. The average Bonchev–Trinajstić information content (AvgIpc) is 2.35. The van der Waals surface area contributed by atoms with Gasteiger partial charge in [0.2, 0.25) is 0 Å². The van der Waals surface area contributed by atoms with Gasteiger partial charge in [0, 0.05) is 6.42 Å². The molecule has 0 heterocycles. The standard InChI is InChI=1S/C14H21O5P/c1-4-5-6-14(15)19-20(16,17)18-13-9-7-12(8-10-13)11(2)3/h7-11H,4-6H2,1-3H3,(H,16,17). The Morgan fingerprint density at radius 1 is 1.30 bits per heavy atom. The number of carbonyl (C=O) groups is 1. The van der Waals surface area contributed by atoms with Crippen molar-refractivity contribution < 1.29 is 23.3 Å². The van der Waals surface area contributed by atoms with Crippen molar-refractivity contribution in [2.24, 2.45) is 0 Å². The molecule has 0 aromatic heterocycles. The maximum absolute atomic E-state index is 11.7. The van der Waals surface area contributed by atoms with Crippen molar-refractivity contribution in [3.05, 3.63) is 29.8 Å². The molecule has 20 heavy (non-hydrogen) atoms. The molecule has 0 fully saturated rings. The quantitative estimate of drug-likeness (QED) is 0.770. The molecule has 112 valence electrons. The van der Waals surface area contributed by atoms with Crippen molar-refractivity contribution in [1.29, 1.82) is 0 Å². The monoisotopic (exact) mass is 300 g/mol. The van der Waals surface area contributed by atoms with E-state index in [9.17, 15) is 14.3 Å². The van der Waals surface area contributed by atoms with Gasteiger partial charge in [0.1, 0.15) is 5.75 Å². The van der Waals surface area contributed by atoms with Gasteiger partial charge >= 0.3 is 13.8 Å². The first-order valence-corrected chi connectivity index (χ1v) is 8.18. The van der Waals surface area contributed by atoms with Crippen LogP contribution >= 0.6 is 7.82 Å². The van der Waals surface area contributed by atoms with Crippen molar-refractivity contribution in [2.45, 2.75) is 46.0 Å². The molecule has 0 saturated carbocycles. The Bertz CT molecular complexity index is 481. The molecule has 1 N–H and O–H groups in total. The molecule has 0 aliphatic carbocycles. The van der Waals surface area contributed by atoms with Gasteiger partial charge in [0.15, 0.2) is 0 Å². The predicted molar refractivity (Wildman–Crippen MR) is 76.6 cm³/mol. The summed E-state index contributed by atoms with van der Waals surface area (Å²) in [7, 11) is -4.40. The van der Waals surface area contributed by atoms with E-state index in [1.807, 2.05) is 20.8 Å². The van der Waals surface area contributed by atoms with E-state index < -0.39 is 13.8 Å². The summed E-state index contributed by atoms with van der Waals surface area (Å²) >= 11 is 0. The second-order valence-electron chi connectivity index (χ2n) is 4.85. The SMILES string of the molecule is CCCCC(=O)OP(=O)(O)Oc1ccc(C(C)C)cc1. The number of phosphoric ester groups is 1. The molecule has 6 heteroatoms. The topological polar surface area (TPSA) is 72.8 Å². The van der Waals surface area contributed by atoms with Crippen molar-refractivity contribution in [2.75, 3.05) is 0 Å². The van der Waals surface area contributed by atoms with Crippen molar-refractivity contribution in [3.8, 4) is 5.75 Å². The summed E-state index contributed by atoms with van der Waals surface area (Å²) in [6.45, 7) is 6.00. The zero-order valence-electron chi connectivity index (χ0n) is 12.0. The first-order valence-electron chi connectivity index (χ1n) is 6.69. The van der Waals surface area contributed by atoms with E-state index in [1.165, 1.54) is 0 Å². The van der Waals surface area contributed by atoms with E-state index >= 15 is 0 Å². The average molecular weight is 300 g/mol. The number of unbranched alkanes of at least 4 members (excludes halogenated alkanes) is 1. The van der Waals surface area contributed by atoms with E-state index in [0.29, 0.717) is 12.3 Å². The van der Waals surface area contributed by atoms with E-state index in [4.69, 9.17) is 4.52 Å². The normalized spacial score (nSPS) is 13.8. The summed E-state index contributed by atoms with van der Waals surface area (Å²) in [6, 6.07) is 6.77. The number of rotatable bonds is 7. The van der Waals surface area contributed by atoms with Crippen LogP contribution in [0.3, 0.4) is 0 Å². The van der Waals surface area contributed by atoms with Gasteiger partial charge < -0.3 is 9.05 Å². The maximum atomic E-state index is 11.7. The molecule has 1 atom stereocenters. The van der Waals surface area contributed by atoms with Gasteiger partial charge in [-0.3, -0.25) is 9.69 Å². The third-order valence-electron chi connectivity index (χ3n) is 2.72. The van der Waals surface area contributed by atoms with Crippen LogP contribution in [0, 0.1) is 0 Å². The van der Waals surface area contributed by atoms with Crippen LogP contribution in [0.1, 0.15) is 51.5 Å². The van der Waals surface area contributed by atoms with Gasteiger partial charge in [-0.05, 0) is 30.0 Å². The smallest absolute Gasteiger partial charge is 0.395 e. The Morgan fingerprint density at radius 2 is 1.90 bits per heavy atom. The van der Waals surface area contributed by atoms with Crippen LogP contribution in [-0.2, 0) is 13.9 Å². The summed E-state index contributed by atoms with van der Waals surface area (Å²) in [5.74, 6) is -0.170. The van der Waals surface area contributed by atoms with Crippen LogP contribution < -0.4 is 4.52 Å². The van der Waals surface area contributed by atoms with Gasteiger partial charge in [-0.15, -0.1) is 0 Å². The molecule has 0 spiro atoms. The van der Waals surface area contributed by atoms with Gasteiger partial charge in [0.25, 0.3) is 0 Å². The maximum Gasteiger partial charge on any atom is 0.587 e. The number of benzene rings is 1. The Morgan fingerprint density at radius 3 is 2.40 bits per heavy atom. The van der Waals surface area contributed by atoms with Crippen LogP contribution in [0.5, 0.6) is 5.75 Å². The molecule has 0 amide bonds. The van der Waals surface area contributed by atoms with Gasteiger partial charge in [-0.2, -0.15) is 0 Å². The van der Waals surface area contributed by atoms with Gasteiger partial charge in [-0.1, -0.05) is 39.3 Å². The summed E-state index contributed by atoms with van der Waals surface area (Å²) in [5, 5.41) is 0. The van der Waals surface area contributed by atoms with Crippen molar-refractivity contribution >= 4 is 13.8 Å². The van der Waals surface area contributed by atoms with Crippen LogP contribution in [0.15, 0.2) is 24.3 Å². The van der Waals surface area contributed by atoms with E-state index in [-0.39, 0.29) is 12.2 Å². The molecule has 0 saturated heterocycles. The first kappa shape index (κ1) is 16.7. The van der Waals surface area contributed by atoms with E-state index in [2.05, 4.69) is 4.52 Å². The lowest BCUT2D eigenvalue weighted by Gasteiger charge is -2.13. The number of hydrogen-bond acceptors (Lipinski definition) is 4. The Labute approximate surface area is 119 Å². The minimum atomic E-state index is -4.40. The van der Waals surface area contributed by atoms with Crippen LogP contribution in [0.4, 0.5) is 0 Å². The van der Waals surface area contributed by atoms with Gasteiger partial charge in [0.05, 0.1) is 0 Å². The fourth-order valence-electron chi connectivity index (χ4n) is 1.56. The van der Waals surface area contributed by atoms with E-state index in [1.54, 1.807) is 24.3 Å². The molecule has 0 bridgehead atoms. The summed E-state index contributed by atoms with van der Waals surface area (Å²) in [4.78, 5) is 20.8. The molecule has 0 radical (unpaired) electrons. The highest BCUT2D eigenvalue weighted by Crippen LogP contribution is 2.44. The fraction of sp³-hybridized carbons (Fsp3) is 0.500. The molecular formula is C14H21O5P. The molecule has 1 aromatic rings. The Balaban J connectivity index is 2.61. The summed E-state index contributed by atoms with van der Waals surface area (Å²) in [6.07, 6.45) is 1.53. The molecule has 1 rings (SSSR count).